The topological polar surface area (TPSA) is 29.1 Å². The largest absolute Gasteiger partial charge is 0.348 e. The molecule has 0 saturated heterocycles. The molecule has 0 atom stereocenters. The third-order valence-electron chi connectivity index (χ3n) is 2.56. The van der Waals surface area contributed by atoms with Gasteiger partial charge in [-0.1, -0.05) is 29.8 Å². The number of benzene rings is 2. The fourth-order valence-electron chi connectivity index (χ4n) is 1.57. The molecule has 0 heterocycles. The molecule has 0 aliphatic heterocycles. The van der Waals surface area contributed by atoms with Crippen molar-refractivity contribution in [2.75, 3.05) is 0 Å². The summed E-state index contributed by atoms with van der Waals surface area (Å²) in [5, 5.41) is 2.53. The van der Waals surface area contributed by atoms with Gasteiger partial charge in [-0.05, 0) is 29.8 Å². The van der Waals surface area contributed by atoms with Gasteiger partial charge in [0.2, 0.25) is 0 Å². The highest BCUT2D eigenvalue weighted by Crippen LogP contribution is 2.16. The fraction of sp³-hybridized carbons (Fsp3) is 0.0714. The van der Waals surface area contributed by atoms with Crippen LogP contribution < -0.4 is 5.32 Å². The molecule has 0 bridgehead atoms. The van der Waals surface area contributed by atoms with Gasteiger partial charge in [0, 0.05) is 6.54 Å². The van der Waals surface area contributed by atoms with Crippen molar-refractivity contribution in [1.29, 1.82) is 0 Å². The fourth-order valence-corrected chi connectivity index (χ4v) is 1.78. The van der Waals surface area contributed by atoms with E-state index in [1.807, 2.05) is 0 Å². The molecule has 0 aromatic heterocycles. The molecule has 0 saturated carbocycles. The maximum Gasteiger partial charge on any atom is 0.254 e. The van der Waals surface area contributed by atoms with E-state index in [1.165, 1.54) is 36.4 Å². The Hall–Kier alpha value is -1.94. The Morgan fingerprint density at radius 2 is 1.84 bits per heavy atom. The molecular weight excluding hydrogens is 272 g/mol. The van der Waals surface area contributed by atoms with Crippen molar-refractivity contribution in [3.63, 3.8) is 0 Å². The Balaban J connectivity index is 2.04. The Kier molecular flexibility index (Phi) is 4.12. The highest BCUT2D eigenvalue weighted by molar-refractivity contribution is 6.30. The van der Waals surface area contributed by atoms with E-state index in [-0.39, 0.29) is 17.1 Å². The third kappa shape index (κ3) is 3.29. The van der Waals surface area contributed by atoms with Gasteiger partial charge < -0.3 is 5.32 Å². The van der Waals surface area contributed by atoms with Crippen LogP contribution in [0.4, 0.5) is 8.78 Å². The predicted octanol–water partition coefficient (Wildman–Crippen LogP) is 3.55. The lowest BCUT2D eigenvalue weighted by Crippen LogP contribution is -2.23. The zero-order valence-corrected chi connectivity index (χ0v) is 10.5. The number of halogens is 3. The van der Waals surface area contributed by atoms with Crippen molar-refractivity contribution in [2.24, 2.45) is 0 Å². The van der Waals surface area contributed by atoms with Gasteiger partial charge in [0.1, 0.15) is 11.6 Å². The van der Waals surface area contributed by atoms with E-state index in [9.17, 15) is 13.6 Å². The highest BCUT2D eigenvalue weighted by atomic mass is 35.5. The number of hydrogen-bond acceptors (Lipinski definition) is 1. The summed E-state index contributed by atoms with van der Waals surface area (Å²) in [6, 6.07) is 9.82. The van der Waals surface area contributed by atoms with E-state index in [0.29, 0.717) is 5.56 Å². The minimum absolute atomic E-state index is 0.0161. The molecule has 2 nitrogen and oxygen atoms in total. The Bertz CT molecular complexity index is 616. The van der Waals surface area contributed by atoms with Crippen LogP contribution in [-0.2, 0) is 6.54 Å². The number of carbonyl (C=O) groups is 1. The van der Waals surface area contributed by atoms with Gasteiger partial charge in [-0.25, -0.2) is 8.78 Å². The van der Waals surface area contributed by atoms with E-state index in [0.717, 1.165) is 0 Å². The van der Waals surface area contributed by atoms with Gasteiger partial charge in [-0.2, -0.15) is 0 Å². The van der Waals surface area contributed by atoms with E-state index >= 15 is 0 Å². The average molecular weight is 282 g/mol. The van der Waals surface area contributed by atoms with Crippen LogP contribution in [0.3, 0.4) is 0 Å². The molecule has 0 fully saturated rings. The number of hydrogen-bond donors (Lipinski definition) is 1. The summed E-state index contributed by atoms with van der Waals surface area (Å²) in [5.41, 5.74) is 0.604. The van der Waals surface area contributed by atoms with Gasteiger partial charge >= 0.3 is 0 Å². The second-order valence-electron chi connectivity index (χ2n) is 3.91. The summed E-state index contributed by atoms with van der Waals surface area (Å²) in [6.07, 6.45) is 0. The van der Waals surface area contributed by atoms with Gasteiger partial charge in [-0.15, -0.1) is 0 Å². The molecule has 0 radical (unpaired) electrons. The summed E-state index contributed by atoms with van der Waals surface area (Å²) < 4.78 is 26.3. The lowest BCUT2D eigenvalue weighted by atomic mass is 10.2. The quantitative estimate of drug-likeness (QED) is 0.916. The van der Waals surface area contributed by atoms with Gasteiger partial charge in [0.25, 0.3) is 5.91 Å². The summed E-state index contributed by atoms with van der Waals surface area (Å²) in [6.45, 7) is 0.146. The molecule has 98 valence electrons. The van der Waals surface area contributed by atoms with Crippen LogP contribution in [0, 0.1) is 11.6 Å². The molecule has 2 rings (SSSR count). The summed E-state index contributed by atoms with van der Waals surface area (Å²) in [7, 11) is 0. The SMILES string of the molecule is O=C(NCc1ccc(F)c(Cl)c1)c1ccccc1F. The third-order valence-corrected chi connectivity index (χ3v) is 2.85. The molecule has 19 heavy (non-hydrogen) atoms. The van der Waals surface area contributed by atoms with Gasteiger partial charge in [-0.3, -0.25) is 4.79 Å². The maximum atomic E-state index is 13.4. The van der Waals surface area contributed by atoms with Gasteiger partial charge in [0.15, 0.2) is 0 Å². The zero-order chi connectivity index (χ0) is 13.8. The second-order valence-corrected chi connectivity index (χ2v) is 4.32. The van der Waals surface area contributed by atoms with Crippen molar-refractivity contribution >= 4 is 17.5 Å². The minimum atomic E-state index is -0.586. The molecule has 0 spiro atoms. The standard InChI is InChI=1S/C14H10ClF2NO/c15-11-7-9(5-6-13(11)17)8-18-14(19)10-3-1-2-4-12(10)16/h1-7H,8H2,(H,18,19). The Labute approximate surface area is 114 Å². The first-order valence-electron chi connectivity index (χ1n) is 5.54. The van der Waals surface area contributed by atoms with Crippen LogP contribution >= 0.6 is 11.6 Å². The van der Waals surface area contributed by atoms with Crippen molar-refractivity contribution in [2.45, 2.75) is 6.54 Å². The van der Waals surface area contributed by atoms with Crippen LogP contribution in [0.15, 0.2) is 42.5 Å². The van der Waals surface area contributed by atoms with E-state index in [2.05, 4.69) is 5.32 Å². The maximum absolute atomic E-state index is 13.4. The van der Waals surface area contributed by atoms with E-state index in [1.54, 1.807) is 6.07 Å². The minimum Gasteiger partial charge on any atom is -0.348 e. The summed E-state index contributed by atoms with van der Waals surface area (Å²) in [4.78, 5) is 11.7. The number of rotatable bonds is 3. The highest BCUT2D eigenvalue weighted by Gasteiger charge is 2.10. The number of amides is 1. The molecular formula is C14H10ClF2NO. The smallest absolute Gasteiger partial charge is 0.254 e. The first-order chi connectivity index (χ1) is 9.08. The monoisotopic (exact) mass is 281 g/mol. The van der Waals surface area contributed by atoms with Crippen LogP contribution in [0.2, 0.25) is 5.02 Å². The molecule has 1 amide bonds. The summed E-state index contributed by atoms with van der Waals surface area (Å²) >= 11 is 5.62. The Morgan fingerprint density at radius 3 is 2.53 bits per heavy atom. The lowest BCUT2D eigenvalue weighted by Gasteiger charge is -2.06. The first kappa shape index (κ1) is 13.5. The van der Waals surface area contributed by atoms with Crippen molar-refractivity contribution in [3.8, 4) is 0 Å². The molecule has 0 unspecified atom stereocenters. The normalized spacial score (nSPS) is 10.3. The zero-order valence-electron chi connectivity index (χ0n) is 9.79. The number of carbonyl (C=O) groups excluding carboxylic acids is 1. The molecule has 2 aromatic carbocycles. The Morgan fingerprint density at radius 1 is 1.11 bits per heavy atom. The average Bonchev–Trinajstić information content (AvgIpc) is 2.40. The molecule has 2 aromatic rings. The van der Waals surface area contributed by atoms with Crippen LogP contribution in [0.25, 0.3) is 0 Å². The summed E-state index contributed by atoms with van der Waals surface area (Å²) in [5.74, 6) is -1.64. The van der Waals surface area contributed by atoms with Crippen LogP contribution in [-0.4, -0.2) is 5.91 Å². The molecule has 0 aliphatic carbocycles. The van der Waals surface area contributed by atoms with Crippen LogP contribution in [0.5, 0.6) is 0 Å². The molecule has 5 heteroatoms. The molecule has 0 aliphatic rings. The predicted molar refractivity (Wildman–Crippen MR) is 69.0 cm³/mol. The molecule has 1 N–H and O–H groups in total. The van der Waals surface area contributed by atoms with E-state index in [4.69, 9.17) is 11.6 Å². The number of nitrogens with one attached hydrogen (secondary N) is 1. The van der Waals surface area contributed by atoms with E-state index < -0.39 is 17.5 Å². The van der Waals surface area contributed by atoms with Gasteiger partial charge in [0.05, 0.1) is 10.6 Å². The second kappa shape index (κ2) is 5.80. The first-order valence-corrected chi connectivity index (χ1v) is 5.92. The lowest BCUT2D eigenvalue weighted by molar-refractivity contribution is 0.0947. The van der Waals surface area contributed by atoms with Crippen LogP contribution in [0.1, 0.15) is 15.9 Å². The van der Waals surface area contributed by atoms with Crippen molar-refractivity contribution in [3.05, 3.63) is 70.2 Å². The van der Waals surface area contributed by atoms with Crippen molar-refractivity contribution < 1.29 is 13.6 Å². The van der Waals surface area contributed by atoms with Crippen molar-refractivity contribution in [1.82, 2.24) is 5.32 Å².